The van der Waals surface area contributed by atoms with Crippen LogP contribution in [0.5, 0.6) is 0 Å². The molecule has 0 bridgehead atoms. The van der Waals surface area contributed by atoms with Crippen molar-refractivity contribution < 1.29 is 4.79 Å². The number of likely N-dealkylation sites (N-methyl/N-ethyl adjacent to an activating group) is 1. The van der Waals surface area contributed by atoms with Crippen molar-refractivity contribution in [3.05, 3.63) is 0 Å². The van der Waals surface area contributed by atoms with Gasteiger partial charge in [-0.2, -0.15) is 0 Å². The van der Waals surface area contributed by atoms with E-state index >= 15 is 0 Å². The van der Waals surface area contributed by atoms with Crippen LogP contribution in [0.1, 0.15) is 26.7 Å². The molecular formula is C10H21N3O. The molecular weight excluding hydrogens is 178 g/mol. The van der Waals surface area contributed by atoms with Crippen LogP contribution in [0, 0.1) is 0 Å². The molecule has 1 heterocycles. The van der Waals surface area contributed by atoms with E-state index < -0.39 is 0 Å². The summed E-state index contributed by atoms with van der Waals surface area (Å²) in [4.78, 5) is 13.2. The van der Waals surface area contributed by atoms with Gasteiger partial charge in [0.05, 0.1) is 6.04 Å². The molecule has 0 aromatic heterocycles. The minimum Gasteiger partial charge on any atom is -0.368 e. The molecule has 4 nitrogen and oxygen atoms in total. The van der Waals surface area contributed by atoms with E-state index in [0.717, 1.165) is 19.4 Å². The highest BCUT2D eigenvalue weighted by atomic mass is 16.1. The summed E-state index contributed by atoms with van der Waals surface area (Å²) >= 11 is 0. The van der Waals surface area contributed by atoms with E-state index in [9.17, 15) is 4.79 Å². The maximum absolute atomic E-state index is 10.9. The number of carbonyl (C=O) groups excluding carboxylic acids is 1. The van der Waals surface area contributed by atoms with E-state index in [1.54, 1.807) is 0 Å². The number of hydrogen-bond acceptors (Lipinski definition) is 3. The van der Waals surface area contributed by atoms with Crippen molar-refractivity contribution in [1.82, 2.24) is 10.2 Å². The summed E-state index contributed by atoms with van der Waals surface area (Å²) in [7, 11) is 2.10. The second-order valence-corrected chi connectivity index (χ2v) is 4.43. The topological polar surface area (TPSA) is 58.4 Å². The minimum atomic E-state index is -0.222. The van der Waals surface area contributed by atoms with E-state index in [4.69, 9.17) is 5.73 Å². The normalized spacial score (nSPS) is 27.5. The molecule has 0 aromatic carbocycles. The van der Waals surface area contributed by atoms with Crippen molar-refractivity contribution in [2.24, 2.45) is 5.73 Å². The molecule has 1 aliphatic heterocycles. The minimum absolute atomic E-state index is 0.111. The van der Waals surface area contributed by atoms with Crippen LogP contribution in [-0.4, -0.2) is 42.5 Å². The number of amides is 1. The Bertz CT molecular complexity index is 206. The third kappa shape index (κ3) is 2.96. The molecule has 82 valence electrons. The Labute approximate surface area is 85.8 Å². The van der Waals surface area contributed by atoms with Gasteiger partial charge >= 0.3 is 0 Å². The maximum atomic E-state index is 10.9. The molecule has 0 spiro atoms. The zero-order valence-corrected chi connectivity index (χ0v) is 9.29. The van der Waals surface area contributed by atoms with E-state index in [1.165, 1.54) is 0 Å². The first-order chi connectivity index (χ1) is 6.50. The lowest BCUT2D eigenvalue weighted by Crippen LogP contribution is -2.44. The molecule has 0 aromatic rings. The summed E-state index contributed by atoms with van der Waals surface area (Å²) in [5.74, 6) is -0.222. The quantitative estimate of drug-likeness (QED) is 0.666. The fourth-order valence-electron chi connectivity index (χ4n) is 1.75. The van der Waals surface area contributed by atoms with Crippen LogP contribution in [0.25, 0.3) is 0 Å². The molecule has 1 saturated heterocycles. The molecule has 1 amide bonds. The molecule has 0 radical (unpaired) electrons. The predicted molar refractivity (Wildman–Crippen MR) is 56.9 cm³/mol. The summed E-state index contributed by atoms with van der Waals surface area (Å²) < 4.78 is 0. The van der Waals surface area contributed by atoms with Crippen LogP contribution >= 0.6 is 0 Å². The lowest BCUT2D eigenvalue weighted by Gasteiger charge is -2.24. The number of nitrogens with zero attached hydrogens (tertiary/aromatic N) is 1. The highest BCUT2D eigenvalue weighted by Gasteiger charge is 2.28. The van der Waals surface area contributed by atoms with Gasteiger partial charge in [0.2, 0.25) is 5.91 Å². The van der Waals surface area contributed by atoms with Crippen LogP contribution in [0.15, 0.2) is 0 Å². The Balaban J connectivity index is 2.32. The number of primary amides is 1. The first kappa shape index (κ1) is 11.5. The number of carbonyl (C=O) groups is 1. The van der Waals surface area contributed by atoms with Gasteiger partial charge in [-0.1, -0.05) is 0 Å². The first-order valence-electron chi connectivity index (χ1n) is 5.26. The smallest absolute Gasteiger partial charge is 0.234 e. The number of nitrogens with two attached hydrogens (primary N) is 1. The molecule has 2 unspecified atom stereocenters. The summed E-state index contributed by atoms with van der Waals surface area (Å²) in [6.07, 6.45) is 1.93. The summed E-state index contributed by atoms with van der Waals surface area (Å²) in [6.45, 7) is 5.32. The van der Waals surface area contributed by atoms with Gasteiger partial charge in [0, 0.05) is 18.6 Å². The monoisotopic (exact) mass is 199 g/mol. The first-order valence-corrected chi connectivity index (χ1v) is 5.26. The van der Waals surface area contributed by atoms with Gasteiger partial charge in [0.25, 0.3) is 0 Å². The van der Waals surface area contributed by atoms with Crippen LogP contribution in [0.4, 0.5) is 0 Å². The lowest BCUT2D eigenvalue weighted by molar-refractivity contribution is -0.119. The van der Waals surface area contributed by atoms with Crippen molar-refractivity contribution in [3.8, 4) is 0 Å². The molecule has 1 aliphatic rings. The Hall–Kier alpha value is -0.610. The van der Waals surface area contributed by atoms with Crippen molar-refractivity contribution in [1.29, 1.82) is 0 Å². The molecule has 2 atom stereocenters. The Morgan fingerprint density at radius 3 is 2.64 bits per heavy atom. The van der Waals surface area contributed by atoms with Crippen molar-refractivity contribution in [2.45, 2.75) is 44.8 Å². The van der Waals surface area contributed by atoms with Crippen molar-refractivity contribution >= 4 is 5.91 Å². The SMILES string of the molecule is CC(C)N(C)CC1CCC(C(N)=O)N1. The zero-order valence-electron chi connectivity index (χ0n) is 9.29. The zero-order chi connectivity index (χ0) is 10.7. The number of nitrogens with one attached hydrogen (secondary N) is 1. The summed E-state index contributed by atoms with van der Waals surface area (Å²) in [6, 6.07) is 0.852. The molecule has 0 aliphatic carbocycles. The van der Waals surface area contributed by atoms with Gasteiger partial charge in [-0.25, -0.2) is 0 Å². The second kappa shape index (κ2) is 4.75. The van der Waals surface area contributed by atoms with Gasteiger partial charge < -0.3 is 16.0 Å². The second-order valence-electron chi connectivity index (χ2n) is 4.43. The maximum Gasteiger partial charge on any atom is 0.234 e. The Morgan fingerprint density at radius 2 is 2.21 bits per heavy atom. The average Bonchev–Trinajstić information content (AvgIpc) is 2.52. The van der Waals surface area contributed by atoms with Gasteiger partial charge in [-0.3, -0.25) is 4.79 Å². The fraction of sp³-hybridized carbons (Fsp3) is 0.900. The standard InChI is InChI=1S/C10H21N3O/c1-7(2)13(3)6-8-4-5-9(12-8)10(11)14/h7-9,12H,4-6H2,1-3H3,(H2,11,14). The van der Waals surface area contributed by atoms with Gasteiger partial charge in [0.15, 0.2) is 0 Å². The van der Waals surface area contributed by atoms with E-state index in [2.05, 4.69) is 31.1 Å². The van der Waals surface area contributed by atoms with Crippen LogP contribution in [0.2, 0.25) is 0 Å². The number of rotatable bonds is 4. The van der Waals surface area contributed by atoms with Gasteiger partial charge in [-0.05, 0) is 33.7 Å². The molecule has 0 saturated carbocycles. The summed E-state index contributed by atoms with van der Waals surface area (Å²) in [5, 5.41) is 3.26. The molecule has 14 heavy (non-hydrogen) atoms. The van der Waals surface area contributed by atoms with Gasteiger partial charge in [-0.15, -0.1) is 0 Å². The van der Waals surface area contributed by atoms with E-state index in [0.29, 0.717) is 12.1 Å². The van der Waals surface area contributed by atoms with Crippen LogP contribution < -0.4 is 11.1 Å². The van der Waals surface area contributed by atoms with Crippen LogP contribution in [0.3, 0.4) is 0 Å². The Morgan fingerprint density at radius 1 is 1.57 bits per heavy atom. The highest BCUT2D eigenvalue weighted by molar-refractivity contribution is 5.80. The molecule has 1 rings (SSSR count). The van der Waals surface area contributed by atoms with E-state index in [-0.39, 0.29) is 11.9 Å². The third-order valence-corrected chi connectivity index (χ3v) is 2.97. The Kier molecular flexibility index (Phi) is 3.89. The third-order valence-electron chi connectivity index (χ3n) is 2.97. The average molecular weight is 199 g/mol. The van der Waals surface area contributed by atoms with Crippen LogP contribution in [-0.2, 0) is 4.79 Å². The molecule has 1 fully saturated rings. The number of hydrogen-bond donors (Lipinski definition) is 2. The highest BCUT2D eigenvalue weighted by Crippen LogP contribution is 2.13. The summed E-state index contributed by atoms with van der Waals surface area (Å²) in [5.41, 5.74) is 5.24. The van der Waals surface area contributed by atoms with E-state index in [1.807, 2.05) is 0 Å². The fourth-order valence-corrected chi connectivity index (χ4v) is 1.75. The predicted octanol–water partition coefficient (Wildman–Crippen LogP) is -0.0675. The van der Waals surface area contributed by atoms with Crippen molar-refractivity contribution in [3.63, 3.8) is 0 Å². The van der Waals surface area contributed by atoms with Crippen molar-refractivity contribution in [2.75, 3.05) is 13.6 Å². The lowest BCUT2D eigenvalue weighted by atomic mass is 10.2. The molecule has 3 N–H and O–H groups in total. The largest absolute Gasteiger partial charge is 0.368 e. The molecule has 4 heteroatoms. The van der Waals surface area contributed by atoms with Gasteiger partial charge in [0.1, 0.15) is 0 Å².